The molecule has 0 bridgehead atoms. The van der Waals surface area contributed by atoms with Gasteiger partial charge in [-0.3, -0.25) is 9.59 Å². The second-order valence-electron chi connectivity index (χ2n) is 7.96. The zero-order chi connectivity index (χ0) is 20.0. The molecule has 1 fully saturated rings. The van der Waals surface area contributed by atoms with Crippen LogP contribution in [0.3, 0.4) is 0 Å². The van der Waals surface area contributed by atoms with Crippen molar-refractivity contribution in [1.82, 2.24) is 10.2 Å². The highest BCUT2D eigenvalue weighted by atomic mass is 16.5. The molecule has 1 saturated heterocycles. The average Bonchev–Trinajstić information content (AvgIpc) is 3.13. The van der Waals surface area contributed by atoms with E-state index in [2.05, 4.69) is 5.32 Å². The number of carbonyl (C=O) groups is 2. The first-order valence-corrected chi connectivity index (χ1v) is 9.57. The predicted octanol–water partition coefficient (Wildman–Crippen LogP) is 3.31. The molecule has 0 aromatic heterocycles. The molecule has 150 valence electrons. The van der Waals surface area contributed by atoms with E-state index in [0.29, 0.717) is 19.4 Å². The van der Waals surface area contributed by atoms with Crippen LogP contribution in [0.4, 0.5) is 0 Å². The quantitative estimate of drug-likeness (QED) is 0.742. The Morgan fingerprint density at radius 2 is 1.96 bits per heavy atom. The van der Waals surface area contributed by atoms with Crippen molar-refractivity contribution in [3.8, 4) is 11.5 Å². The van der Waals surface area contributed by atoms with E-state index in [4.69, 9.17) is 9.47 Å². The van der Waals surface area contributed by atoms with Gasteiger partial charge < -0.3 is 19.7 Å². The summed E-state index contributed by atoms with van der Waals surface area (Å²) < 4.78 is 10.8. The first-order valence-electron chi connectivity index (χ1n) is 9.57. The third-order valence-corrected chi connectivity index (χ3v) is 4.90. The summed E-state index contributed by atoms with van der Waals surface area (Å²) in [5.74, 6) is 1.66. The lowest BCUT2D eigenvalue weighted by atomic mass is 9.96. The van der Waals surface area contributed by atoms with Gasteiger partial charge in [0.2, 0.25) is 11.8 Å². The molecule has 1 aliphatic heterocycles. The van der Waals surface area contributed by atoms with Crippen molar-refractivity contribution < 1.29 is 19.1 Å². The molecule has 6 nitrogen and oxygen atoms in total. The Morgan fingerprint density at radius 3 is 2.59 bits per heavy atom. The Balaban J connectivity index is 1.98. The summed E-state index contributed by atoms with van der Waals surface area (Å²) in [6, 6.07) is 5.71. The van der Waals surface area contributed by atoms with Gasteiger partial charge in [-0.15, -0.1) is 0 Å². The van der Waals surface area contributed by atoms with E-state index in [1.165, 1.54) is 0 Å². The first kappa shape index (κ1) is 21.1. The van der Waals surface area contributed by atoms with Gasteiger partial charge in [0.25, 0.3) is 0 Å². The molecule has 1 heterocycles. The number of ether oxygens (including phenoxy) is 2. The maximum atomic E-state index is 12.8. The summed E-state index contributed by atoms with van der Waals surface area (Å²) >= 11 is 0. The van der Waals surface area contributed by atoms with Crippen LogP contribution in [-0.2, 0) is 9.59 Å². The summed E-state index contributed by atoms with van der Waals surface area (Å²) in [6.45, 7) is 6.90. The number of amides is 2. The van der Waals surface area contributed by atoms with E-state index >= 15 is 0 Å². The summed E-state index contributed by atoms with van der Waals surface area (Å²) in [5, 5.41) is 2.90. The zero-order valence-electron chi connectivity index (χ0n) is 17.1. The molecule has 2 amide bonds. The Labute approximate surface area is 162 Å². The van der Waals surface area contributed by atoms with Gasteiger partial charge in [0.1, 0.15) is 11.5 Å². The van der Waals surface area contributed by atoms with E-state index < -0.39 is 5.41 Å². The van der Waals surface area contributed by atoms with Crippen LogP contribution in [0, 0.1) is 5.41 Å². The Kier molecular flexibility index (Phi) is 7.11. The average molecular weight is 376 g/mol. The summed E-state index contributed by atoms with van der Waals surface area (Å²) in [4.78, 5) is 26.6. The van der Waals surface area contributed by atoms with Crippen LogP contribution in [0.5, 0.6) is 11.5 Å². The van der Waals surface area contributed by atoms with Crippen molar-refractivity contribution in [2.45, 2.75) is 52.5 Å². The van der Waals surface area contributed by atoms with Gasteiger partial charge in [-0.05, 0) is 37.5 Å². The Bertz CT molecular complexity index is 667. The molecule has 1 atom stereocenters. The number of nitrogens with zero attached hydrogens (tertiary/aromatic N) is 1. The van der Waals surface area contributed by atoms with E-state index in [9.17, 15) is 9.59 Å². The summed E-state index contributed by atoms with van der Waals surface area (Å²) in [6.07, 6.45) is 2.94. The fraction of sp³-hybridized carbons (Fsp3) is 0.619. The van der Waals surface area contributed by atoms with Crippen LogP contribution in [0.15, 0.2) is 18.2 Å². The zero-order valence-corrected chi connectivity index (χ0v) is 17.1. The van der Waals surface area contributed by atoms with Crippen LogP contribution < -0.4 is 14.8 Å². The number of benzene rings is 1. The van der Waals surface area contributed by atoms with Gasteiger partial charge in [-0.2, -0.15) is 0 Å². The van der Waals surface area contributed by atoms with Gasteiger partial charge in [0.15, 0.2) is 0 Å². The fourth-order valence-corrected chi connectivity index (χ4v) is 3.34. The summed E-state index contributed by atoms with van der Waals surface area (Å²) in [5.41, 5.74) is 0.580. The standard InChI is InChI=1S/C21H32N2O4/c1-21(2,3)20(25)22-12-6-9-19(24)23-13-7-8-17(23)16-14-15(26-4)10-11-18(16)27-5/h10-11,14,17H,6-9,12-13H2,1-5H3,(H,22,25). The molecule has 1 aliphatic rings. The SMILES string of the molecule is COc1ccc(OC)c(C2CCCN2C(=O)CCCNC(=O)C(C)(C)C)c1. The van der Waals surface area contributed by atoms with Gasteiger partial charge in [-0.25, -0.2) is 0 Å². The lowest BCUT2D eigenvalue weighted by Gasteiger charge is -2.27. The molecular formula is C21H32N2O4. The molecule has 1 aromatic rings. The van der Waals surface area contributed by atoms with Crippen LogP contribution in [0.1, 0.15) is 58.1 Å². The maximum Gasteiger partial charge on any atom is 0.225 e. The minimum absolute atomic E-state index is 0.00622. The van der Waals surface area contributed by atoms with Crippen LogP contribution in [0.25, 0.3) is 0 Å². The molecule has 6 heteroatoms. The fourth-order valence-electron chi connectivity index (χ4n) is 3.34. The lowest BCUT2D eigenvalue weighted by molar-refractivity contribution is -0.133. The molecule has 1 N–H and O–H groups in total. The minimum Gasteiger partial charge on any atom is -0.497 e. The number of nitrogens with one attached hydrogen (secondary N) is 1. The minimum atomic E-state index is -0.410. The Morgan fingerprint density at radius 1 is 1.22 bits per heavy atom. The van der Waals surface area contributed by atoms with Gasteiger partial charge in [0, 0.05) is 30.5 Å². The molecule has 0 radical (unpaired) electrons. The molecule has 0 spiro atoms. The lowest BCUT2D eigenvalue weighted by Crippen LogP contribution is -2.36. The molecular weight excluding hydrogens is 344 g/mol. The first-order chi connectivity index (χ1) is 12.8. The van der Waals surface area contributed by atoms with E-state index in [-0.39, 0.29) is 17.9 Å². The van der Waals surface area contributed by atoms with Crippen molar-refractivity contribution in [3.63, 3.8) is 0 Å². The molecule has 0 saturated carbocycles. The normalized spacial score (nSPS) is 16.9. The van der Waals surface area contributed by atoms with Crippen molar-refractivity contribution in [2.75, 3.05) is 27.3 Å². The molecule has 2 rings (SSSR count). The number of hydrogen-bond acceptors (Lipinski definition) is 4. The topological polar surface area (TPSA) is 67.9 Å². The number of rotatable bonds is 7. The predicted molar refractivity (Wildman–Crippen MR) is 105 cm³/mol. The molecule has 0 aliphatic carbocycles. The highest BCUT2D eigenvalue weighted by Crippen LogP contribution is 2.39. The van der Waals surface area contributed by atoms with Gasteiger partial charge in [-0.1, -0.05) is 20.8 Å². The molecule has 27 heavy (non-hydrogen) atoms. The number of carbonyl (C=O) groups excluding carboxylic acids is 2. The molecule has 1 aromatic carbocycles. The van der Waals surface area contributed by atoms with Gasteiger partial charge in [0.05, 0.1) is 20.3 Å². The van der Waals surface area contributed by atoms with Gasteiger partial charge >= 0.3 is 0 Å². The highest BCUT2D eigenvalue weighted by Gasteiger charge is 2.32. The number of hydrogen-bond donors (Lipinski definition) is 1. The second kappa shape index (κ2) is 9.11. The monoisotopic (exact) mass is 376 g/mol. The van der Waals surface area contributed by atoms with Crippen LogP contribution >= 0.6 is 0 Å². The molecule has 1 unspecified atom stereocenters. The largest absolute Gasteiger partial charge is 0.497 e. The van der Waals surface area contributed by atoms with E-state index in [0.717, 1.165) is 36.4 Å². The Hall–Kier alpha value is -2.24. The van der Waals surface area contributed by atoms with Crippen molar-refractivity contribution in [1.29, 1.82) is 0 Å². The van der Waals surface area contributed by atoms with Crippen LogP contribution in [-0.4, -0.2) is 44.0 Å². The number of likely N-dealkylation sites (tertiary alicyclic amines) is 1. The maximum absolute atomic E-state index is 12.8. The third-order valence-electron chi connectivity index (χ3n) is 4.90. The van der Waals surface area contributed by atoms with E-state index in [1.807, 2.05) is 43.9 Å². The highest BCUT2D eigenvalue weighted by molar-refractivity contribution is 5.81. The van der Waals surface area contributed by atoms with Crippen LogP contribution in [0.2, 0.25) is 0 Å². The third kappa shape index (κ3) is 5.37. The number of methoxy groups -OCH3 is 2. The smallest absolute Gasteiger partial charge is 0.225 e. The summed E-state index contributed by atoms with van der Waals surface area (Å²) in [7, 11) is 3.28. The van der Waals surface area contributed by atoms with Crippen molar-refractivity contribution >= 4 is 11.8 Å². The van der Waals surface area contributed by atoms with E-state index in [1.54, 1.807) is 14.2 Å². The van der Waals surface area contributed by atoms with Crippen molar-refractivity contribution in [2.24, 2.45) is 5.41 Å². The second-order valence-corrected chi connectivity index (χ2v) is 7.96. The van der Waals surface area contributed by atoms with Crippen molar-refractivity contribution in [3.05, 3.63) is 23.8 Å².